The number of hydrogen-bond donors (Lipinski definition) is 3. The van der Waals surface area contributed by atoms with Gasteiger partial charge in [-0.2, -0.15) is 4.99 Å². The number of ether oxygens (including phenoxy) is 2. The lowest BCUT2D eigenvalue weighted by Gasteiger charge is -2.16. The van der Waals surface area contributed by atoms with Gasteiger partial charge < -0.3 is 20.1 Å². The van der Waals surface area contributed by atoms with Gasteiger partial charge in [0.2, 0.25) is 17.8 Å². The molecule has 0 saturated heterocycles. The van der Waals surface area contributed by atoms with Crippen molar-refractivity contribution in [3.8, 4) is 11.5 Å². The van der Waals surface area contributed by atoms with E-state index < -0.39 is 12.0 Å². The summed E-state index contributed by atoms with van der Waals surface area (Å²) >= 11 is 0. The molecule has 0 aliphatic heterocycles. The first-order chi connectivity index (χ1) is 15.4. The Morgan fingerprint density at radius 3 is 2.34 bits per heavy atom. The molecule has 2 rings (SSSR count). The molecule has 0 spiro atoms. The molecule has 9 heteroatoms. The van der Waals surface area contributed by atoms with Crippen LogP contribution in [0.1, 0.15) is 39.5 Å². The van der Waals surface area contributed by atoms with Gasteiger partial charge in [0.15, 0.2) is 0 Å². The number of carbonyl (C=O) groups is 3. The number of amides is 3. The fraction of sp³-hybridized carbons (Fsp3) is 0.304. The van der Waals surface area contributed by atoms with Gasteiger partial charge in [0, 0.05) is 18.9 Å². The zero-order chi connectivity index (χ0) is 23.3. The number of nitrogens with zero attached hydrogens (tertiary/aromatic N) is 1. The molecule has 9 nitrogen and oxygen atoms in total. The number of unbranched alkanes of at least 4 members (excludes halogenated alkanes) is 1. The van der Waals surface area contributed by atoms with E-state index in [0.29, 0.717) is 29.3 Å². The van der Waals surface area contributed by atoms with Crippen molar-refractivity contribution in [2.75, 3.05) is 17.7 Å². The highest BCUT2D eigenvalue weighted by Gasteiger charge is 2.14. The second-order valence-corrected chi connectivity index (χ2v) is 6.72. The summed E-state index contributed by atoms with van der Waals surface area (Å²) in [6.45, 7) is 3.65. The number of para-hydroxylation sites is 1. The van der Waals surface area contributed by atoms with Gasteiger partial charge in [-0.15, -0.1) is 0 Å². The molecule has 3 N–H and O–H groups in total. The molecular weight excluding hydrogens is 412 g/mol. The van der Waals surface area contributed by atoms with Crippen LogP contribution in [-0.2, 0) is 14.3 Å². The second kappa shape index (κ2) is 12.7. The van der Waals surface area contributed by atoms with Crippen molar-refractivity contribution >= 4 is 35.2 Å². The highest BCUT2D eigenvalue weighted by Crippen LogP contribution is 2.30. The van der Waals surface area contributed by atoms with Gasteiger partial charge in [-0.3, -0.25) is 14.9 Å². The van der Waals surface area contributed by atoms with Crippen molar-refractivity contribution in [2.24, 2.45) is 4.99 Å². The summed E-state index contributed by atoms with van der Waals surface area (Å²) < 4.78 is 10.5. The van der Waals surface area contributed by atoms with E-state index in [0.717, 1.165) is 12.8 Å². The topological polar surface area (TPSA) is 118 Å². The minimum Gasteiger partial charge on any atom is -0.457 e. The molecule has 0 bridgehead atoms. The second-order valence-electron chi connectivity index (χ2n) is 6.72. The standard InChI is InChI=1S/C23H28N4O5/c1-4-6-12-21(29)24-18-14-13-17(32-16-10-8-7-9-11-16)15-19(18)25-22(26-20(28)5-2)27-23(30)31-3/h7-11,13-15H,4-6,12H2,1-3H3,(H,24,29)(H2,25,26,27,28,30). The zero-order valence-corrected chi connectivity index (χ0v) is 18.4. The number of aliphatic imine (C=N–C) groups is 1. The molecule has 0 heterocycles. The van der Waals surface area contributed by atoms with Crippen molar-refractivity contribution in [1.29, 1.82) is 0 Å². The quantitative estimate of drug-likeness (QED) is 0.406. The molecule has 0 radical (unpaired) electrons. The van der Waals surface area contributed by atoms with Crippen LogP contribution < -0.4 is 20.7 Å². The Morgan fingerprint density at radius 2 is 1.69 bits per heavy atom. The van der Waals surface area contributed by atoms with Crippen LogP contribution in [0, 0.1) is 0 Å². The molecule has 0 fully saturated rings. The first-order valence-electron chi connectivity index (χ1n) is 10.4. The van der Waals surface area contributed by atoms with Gasteiger partial charge >= 0.3 is 6.09 Å². The first kappa shape index (κ1) is 24.4. The highest BCUT2D eigenvalue weighted by atomic mass is 16.5. The molecule has 2 aromatic carbocycles. The Labute approximate surface area is 187 Å². The predicted molar refractivity (Wildman–Crippen MR) is 123 cm³/mol. The first-order valence-corrected chi connectivity index (χ1v) is 10.4. The fourth-order valence-corrected chi connectivity index (χ4v) is 2.54. The van der Waals surface area contributed by atoms with E-state index >= 15 is 0 Å². The van der Waals surface area contributed by atoms with Crippen LogP contribution >= 0.6 is 0 Å². The number of anilines is 2. The molecule has 3 amide bonds. The molecule has 0 atom stereocenters. The lowest BCUT2D eigenvalue weighted by atomic mass is 10.2. The Kier molecular flexibility index (Phi) is 9.70. The number of guanidine groups is 1. The van der Waals surface area contributed by atoms with Gasteiger partial charge in [0.05, 0.1) is 18.5 Å². The molecule has 32 heavy (non-hydrogen) atoms. The summed E-state index contributed by atoms with van der Waals surface area (Å²) in [4.78, 5) is 39.7. The van der Waals surface area contributed by atoms with Gasteiger partial charge in [-0.05, 0) is 30.7 Å². The summed E-state index contributed by atoms with van der Waals surface area (Å²) in [6, 6.07) is 14.2. The van der Waals surface area contributed by atoms with Crippen molar-refractivity contribution in [2.45, 2.75) is 39.5 Å². The van der Waals surface area contributed by atoms with E-state index in [1.165, 1.54) is 7.11 Å². The smallest absolute Gasteiger partial charge is 0.413 e. The summed E-state index contributed by atoms with van der Waals surface area (Å²) in [5, 5.41) is 8.09. The molecule has 170 valence electrons. The average molecular weight is 441 g/mol. The summed E-state index contributed by atoms with van der Waals surface area (Å²) in [5.41, 5.74) is 0.817. The lowest BCUT2D eigenvalue weighted by molar-refractivity contribution is -0.117. The van der Waals surface area contributed by atoms with E-state index in [-0.39, 0.29) is 18.3 Å². The maximum absolute atomic E-state index is 12.3. The number of benzene rings is 2. The van der Waals surface area contributed by atoms with Gasteiger partial charge in [-0.1, -0.05) is 38.5 Å². The molecule has 0 unspecified atom stereocenters. The van der Waals surface area contributed by atoms with E-state index in [1.807, 2.05) is 25.1 Å². The predicted octanol–water partition coefficient (Wildman–Crippen LogP) is 4.67. The van der Waals surface area contributed by atoms with E-state index in [4.69, 9.17) is 4.74 Å². The third kappa shape index (κ3) is 8.10. The zero-order valence-electron chi connectivity index (χ0n) is 18.4. The Morgan fingerprint density at radius 1 is 0.938 bits per heavy atom. The summed E-state index contributed by atoms with van der Waals surface area (Å²) in [5.74, 6) is 0.361. The van der Waals surface area contributed by atoms with Crippen LogP contribution in [0.15, 0.2) is 53.5 Å². The monoisotopic (exact) mass is 440 g/mol. The van der Waals surface area contributed by atoms with Gasteiger partial charge in [-0.25, -0.2) is 4.79 Å². The Hall–Kier alpha value is -3.88. The van der Waals surface area contributed by atoms with E-state index in [1.54, 1.807) is 37.3 Å². The summed E-state index contributed by atoms with van der Waals surface area (Å²) in [6.07, 6.45) is 1.36. The van der Waals surface area contributed by atoms with E-state index in [9.17, 15) is 14.4 Å². The molecule has 0 saturated carbocycles. The SMILES string of the molecule is CCCCC(=O)Nc1ccc(Oc2ccccc2)cc1NC(=NC(=O)CC)NC(=O)OC. The number of nitrogens with one attached hydrogen (secondary N) is 3. The number of alkyl carbamates (subject to hydrolysis) is 1. The van der Waals surface area contributed by atoms with E-state index in [2.05, 4.69) is 25.7 Å². The average Bonchev–Trinajstić information content (AvgIpc) is 2.79. The third-order valence-corrected chi connectivity index (χ3v) is 4.20. The number of methoxy groups -OCH3 is 1. The van der Waals surface area contributed by atoms with Crippen LogP contribution in [0.3, 0.4) is 0 Å². The van der Waals surface area contributed by atoms with Crippen molar-refractivity contribution in [3.05, 3.63) is 48.5 Å². The van der Waals surface area contributed by atoms with Crippen LogP contribution in [0.2, 0.25) is 0 Å². The minimum absolute atomic E-state index is 0.135. The normalized spacial score (nSPS) is 10.8. The van der Waals surface area contributed by atoms with Crippen molar-refractivity contribution < 1.29 is 23.9 Å². The fourth-order valence-electron chi connectivity index (χ4n) is 2.54. The lowest BCUT2D eigenvalue weighted by Crippen LogP contribution is -2.36. The third-order valence-electron chi connectivity index (χ3n) is 4.20. The minimum atomic E-state index is -0.801. The van der Waals surface area contributed by atoms with Crippen LogP contribution in [0.5, 0.6) is 11.5 Å². The van der Waals surface area contributed by atoms with Crippen LogP contribution in [-0.4, -0.2) is 31.0 Å². The van der Waals surface area contributed by atoms with Crippen LogP contribution in [0.4, 0.5) is 16.2 Å². The van der Waals surface area contributed by atoms with Crippen molar-refractivity contribution in [3.63, 3.8) is 0 Å². The van der Waals surface area contributed by atoms with Crippen LogP contribution in [0.25, 0.3) is 0 Å². The molecular formula is C23H28N4O5. The van der Waals surface area contributed by atoms with Gasteiger partial charge in [0.1, 0.15) is 11.5 Å². The highest BCUT2D eigenvalue weighted by molar-refractivity contribution is 6.09. The Balaban J connectivity index is 2.36. The Bertz CT molecular complexity index is 960. The molecule has 0 aromatic heterocycles. The number of rotatable bonds is 8. The molecule has 2 aromatic rings. The number of carbonyl (C=O) groups excluding carboxylic acids is 3. The molecule has 0 aliphatic carbocycles. The summed E-state index contributed by atoms with van der Waals surface area (Å²) in [7, 11) is 1.20. The maximum atomic E-state index is 12.3. The molecule has 0 aliphatic rings. The number of hydrogen-bond acceptors (Lipinski definition) is 5. The largest absolute Gasteiger partial charge is 0.457 e. The van der Waals surface area contributed by atoms with Gasteiger partial charge in [0.25, 0.3) is 0 Å². The van der Waals surface area contributed by atoms with Crippen molar-refractivity contribution in [1.82, 2.24) is 5.32 Å². The maximum Gasteiger partial charge on any atom is 0.413 e.